The Morgan fingerprint density at radius 1 is 1.57 bits per heavy atom. The molecular weight excluding hydrogens is 204 g/mol. The van der Waals surface area contributed by atoms with Crippen molar-refractivity contribution >= 4 is 24.5 Å². The summed E-state index contributed by atoms with van der Waals surface area (Å²) in [5.41, 5.74) is 0. The first kappa shape index (κ1) is 13.0. The summed E-state index contributed by atoms with van der Waals surface area (Å²) >= 11 is 3.88. The molecule has 0 unspecified atom stereocenters. The molecule has 1 atom stereocenters. The zero-order chi connectivity index (χ0) is 11.0. The molecule has 1 amide bonds. The average molecular weight is 218 g/mol. The van der Waals surface area contributed by atoms with Crippen LogP contribution in [0.25, 0.3) is 0 Å². The Morgan fingerprint density at radius 3 is 2.64 bits per heavy atom. The van der Waals surface area contributed by atoms with Crippen LogP contribution in [-0.4, -0.2) is 35.3 Å². The van der Waals surface area contributed by atoms with Gasteiger partial charge in [0.1, 0.15) is 6.04 Å². The van der Waals surface area contributed by atoms with Crippen LogP contribution in [0.5, 0.6) is 0 Å². The lowest BCUT2D eigenvalue weighted by atomic mass is 10.3. The molecule has 14 heavy (non-hydrogen) atoms. The van der Waals surface area contributed by atoms with Gasteiger partial charge in [-0.15, -0.1) is 0 Å². The largest absolute Gasteiger partial charge is 0.480 e. The molecule has 3 N–H and O–H groups in total. The van der Waals surface area contributed by atoms with Crippen LogP contribution in [0.3, 0.4) is 0 Å². The molecule has 0 heterocycles. The minimum absolute atomic E-state index is 0.162. The zero-order valence-electron chi connectivity index (χ0n) is 7.86. The van der Waals surface area contributed by atoms with Gasteiger partial charge in [-0.25, -0.2) is 0 Å². The number of nitrogens with one attached hydrogen (secondary N) is 2. The van der Waals surface area contributed by atoms with E-state index in [-0.39, 0.29) is 11.7 Å². The first-order chi connectivity index (χ1) is 6.57. The summed E-state index contributed by atoms with van der Waals surface area (Å²) in [6.07, 6.45) is 3.09. The minimum Gasteiger partial charge on any atom is -0.480 e. The molecule has 0 aromatic rings. The lowest BCUT2D eigenvalue weighted by Crippen LogP contribution is -2.38. The topological polar surface area (TPSA) is 78.4 Å². The Bertz CT molecular complexity index is 231. The van der Waals surface area contributed by atoms with Crippen molar-refractivity contribution in [2.45, 2.75) is 13.0 Å². The van der Waals surface area contributed by atoms with Gasteiger partial charge in [-0.1, -0.05) is 6.08 Å². The van der Waals surface area contributed by atoms with E-state index in [9.17, 15) is 9.59 Å². The molecule has 0 saturated heterocycles. The van der Waals surface area contributed by atoms with Crippen LogP contribution < -0.4 is 10.6 Å². The zero-order valence-corrected chi connectivity index (χ0v) is 8.75. The maximum absolute atomic E-state index is 10.5. The van der Waals surface area contributed by atoms with E-state index in [0.29, 0.717) is 6.54 Å². The number of hydrogen-bond donors (Lipinski definition) is 4. The lowest BCUT2D eigenvalue weighted by Gasteiger charge is -2.08. The number of amides is 1. The molecule has 0 aliphatic carbocycles. The van der Waals surface area contributed by atoms with Crippen molar-refractivity contribution in [3.63, 3.8) is 0 Å². The molecular formula is C8H14N2O3S. The highest BCUT2D eigenvalue weighted by atomic mass is 32.1. The molecule has 0 spiro atoms. The smallest absolute Gasteiger partial charge is 0.321 e. The Morgan fingerprint density at radius 2 is 2.21 bits per heavy atom. The fraction of sp³-hybridized carbons (Fsp3) is 0.500. The molecule has 0 saturated carbocycles. The molecule has 0 aliphatic rings. The second kappa shape index (κ2) is 7.40. The molecule has 6 heteroatoms. The van der Waals surface area contributed by atoms with Gasteiger partial charge in [-0.2, -0.15) is 12.6 Å². The number of hydrogen-bond acceptors (Lipinski definition) is 4. The quantitative estimate of drug-likeness (QED) is 0.458. The van der Waals surface area contributed by atoms with E-state index in [1.807, 2.05) is 0 Å². The molecule has 0 aromatic heterocycles. The SMILES string of the molecule is CC(=O)NC=CCN[C@@H](CS)C(=O)O. The Labute approximate surface area is 88.0 Å². The van der Waals surface area contributed by atoms with Crippen molar-refractivity contribution in [3.8, 4) is 0 Å². The number of aliphatic carboxylic acids is 1. The summed E-state index contributed by atoms with van der Waals surface area (Å²) in [6, 6.07) is -0.666. The van der Waals surface area contributed by atoms with Gasteiger partial charge >= 0.3 is 5.97 Å². The van der Waals surface area contributed by atoms with Gasteiger partial charge in [0.2, 0.25) is 5.91 Å². The maximum Gasteiger partial charge on any atom is 0.321 e. The lowest BCUT2D eigenvalue weighted by molar-refractivity contribution is -0.138. The number of carboxylic acid groups (broad SMARTS) is 1. The van der Waals surface area contributed by atoms with Gasteiger partial charge in [0.05, 0.1) is 0 Å². The third kappa shape index (κ3) is 6.50. The Kier molecular flexibility index (Phi) is 6.87. The van der Waals surface area contributed by atoms with Gasteiger partial charge in [-0.3, -0.25) is 9.59 Å². The fourth-order valence-electron chi connectivity index (χ4n) is 0.675. The molecule has 0 fully saturated rings. The standard InChI is InChI=1S/C8H14N2O3S/c1-6(11)9-3-2-4-10-7(5-14)8(12)13/h2-3,7,10,14H,4-5H2,1H3,(H,9,11)(H,12,13)/t7-/m0/s1. The summed E-state index contributed by atoms with van der Waals surface area (Å²) in [5.74, 6) is -0.873. The highest BCUT2D eigenvalue weighted by molar-refractivity contribution is 7.80. The van der Waals surface area contributed by atoms with E-state index in [2.05, 4.69) is 23.3 Å². The fourth-order valence-corrected chi connectivity index (χ4v) is 0.961. The number of carbonyl (C=O) groups is 2. The highest BCUT2D eigenvalue weighted by Gasteiger charge is 2.12. The Balaban J connectivity index is 3.66. The van der Waals surface area contributed by atoms with Crippen LogP contribution >= 0.6 is 12.6 Å². The molecule has 0 radical (unpaired) electrons. The summed E-state index contributed by atoms with van der Waals surface area (Å²) in [5, 5.41) is 13.8. The van der Waals surface area contributed by atoms with Crippen LogP contribution in [0.2, 0.25) is 0 Å². The second-order valence-corrected chi connectivity index (χ2v) is 2.95. The third-order valence-corrected chi connectivity index (χ3v) is 1.73. The molecule has 0 rings (SSSR count). The number of rotatable bonds is 6. The van der Waals surface area contributed by atoms with Gasteiger partial charge < -0.3 is 15.7 Å². The predicted molar refractivity (Wildman–Crippen MR) is 56.2 cm³/mol. The van der Waals surface area contributed by atoms with Gasteiger partial charge in [0.25, 0.3) is 0 Å². The number of carboxylic acids is 1. The van der Waals surface area contributed by atoms with Crippen molar-refractivity contribution in [2.24, 2.45) is 0 Å². The van der Waals surface area contributed by atoms with Crippen molar-refractivity contribution in [2.75, 3.05) is 12.3 Å². The molecule has 5 nitrogen and oxygen atoms in total. The average Bonchev–Trinajstić information content (AvgIpc) is 2.10. The Hall–Kier alpha value is -1.01. The van der Waals surface area contributed by atoms with Crippen molar-refractivity contribution in [3.05, 3.63) is 12.3 Å². The molecule has 0 aromatic carbocycles. The van der Waals surface area contributed by atoms with Gasteiger partial charge in [0, 0.05) is 25.4 Å². The van der Waals surface area contributed by atoms with E-state index in [1.165, 1.54) is 13.1 Å². The maximum atomic E-state index is 10.5. The van der Waals surface area contributed by atoms with E-state index in [0.717, 1.165) is 0 Å². The van der Waals surface area contributed by atoms with Gasteiger partial charge in [0.15, 0.2) is 0 Å². The number of carbonyl (C=O) groups excluding carboxylic acids is 1. The minimum atomic E-state index is -0.937. The normalized spacial score (nSPS) is 12.7. The van der Waals surface area contributed by atoms with Crippen molar-refractivity contribution < 1.29 is 14.7 Å². The summed E-state index contributed by atoms with van der Waals surface area (Å²) < 4.78 is 0. The first-order valence-corrected chi connectivity index (χ1v) is 4.70. The van der Waals surface area contributed by atoms with Crippen molar-refractivity contribution in [1.82, 2.24) is 10.6 Å². The predicted octanol–water partition coefficient (Wildman–Crippen LogP) is -0.391. The summed E-state index contributed by atoms with van der Waals surface area (Å²) in [4.78, 5) is 20.9. The van der Waals surface area contributed by atoms with Crippen LogP contribution in [-0.2, 0) is 9.59 Å². The number of thiol groups is 1. The molecule has 80 valence electrons. The summed E-state index contributed by atoms with van der Waals surface area (Å²) in [6.45, 7) is 1.77. The van der Waals surface area contributed by atoms with Crippen LogP contribution in [0.4, 0.5) is 0 Å². The van der Waals surface area contributed by atoms with E-state index >= 15 is 0 Å². The van der Waals surface area contributed by atoms with E-state index in [4.69, 9.17) is 5.11 Å². The molecule has 0 aliphatic heterocycles. The first-order valence-electron chi connectivity index (χ1n) is 4.07. The van der Waals surface area contributed by atoms with Gasteiger partial charge in [-0.05, 0) is 0 Å². The summed E-state index contributed by atoms with van der Waals surface area (Å²) in [7, 11) is 0. The monoisotopic (exact) mass is 218 g/mol. The second-order valence-electron chi connectivity index (χ2n) is 2.58. The van der Waals surface area contributed by atoms with Crippen LogP contribution in [0.15, 0.2) is 12.3 Å². The van der Waals surface area contributed by atoms with Crippen LogP contribution in [0.1, 0.15) is 6.92 Å². The van der Waals surface area contributed by atoms with Crippen molar-refractivity contribution in [1.29, 1.82) is 0 Å². The third-order valence-electron chi connectivity index (χ3n) is 1.37. The highest BCUT2D eigenvalue weighted by Crippen LogP contribution is 1.87. The van der Waals surface area contributed by atoms with E-state index in [1.54, 1.807) is 6.08 Å². The van der Waals surface area contributed by atoms with E-state index < -0.39 is 12.0 Å². The van der Waals surface area contributed by atoms with Crippen LogP contribution in [0, 0.1) is 0 Å². The molecule has 0 bridgehead atoms.